The largest absolute Gasteiger partial charge is 0.479 e. The second-order valence-corrected chi connectivity index (χ2v) is 9.67. The fourth-order valence-electron chi connectivity index (χ4n) is 4.55. The molecular weight excluding hydrogens is 428 g/mol. The molecule has 0 amide bonds. The number of carboxylic acids is 1. The number of aromatic nitrogens is 3. The summed E-state index contributed by atoms with van der Waals surface area (Å²) in [5.41, 5.74) is 5.36. The third-order valence-corrected chi connectivity index (χ3v) is 5.97. The van der Waals surface area contributed by atoms with Gasteiger partial charge in [0.25, 0.3) is 0 Å². The summed E-state index contributed by atoms with van der Waals surface area (Å²) in [6.45, 7) is 8.73. The Morgan fingerprint density at radius 2 is 1.65 bits per heavy atom. The van der Waals surface area contributed by atoms with Gasteiger partial charge in [-0.05, 0) is 38.8 Å². The summed E-state index contributed by atoms with van der Waals surface area (Å²) in [5, 5.41) is 15.1. The van der Waals surface area contributed by atoms with Crippen LogP contribution in [0.2, 0.25) is 0 Å². The van der Waals surface area contributed by atoms with E-state index in [1.807, 2.05) is 76.2 Å². The lowest BCUT2D eigenvalue weighted by Crippen LogP contribution is -2.31. The molecule has 0 fully saturated rings. The van der Waals surface area contributed by atoms with Gasteiger partial charge in [-0.2, -0.15) is 9.61 Å². The predicted octanol–water partition coefficient (Wildman–Crippen LogP) is 5.17. The van der Waals surface area contributed by atoms with Gasteiger partial charge >= 0.3 is 5.97 Å². The molecule has 1 N–H and O–H groups in total. The van der Waals surface area contributed by atoms with Gasteiger partial charge in [0, 0.05) is 30.4 Å². The van der Waals surface area contributed by atoms with Crippen molar-refractivity contribution in [2.45, 2.75) is 52.5 Å². The number of carboxylic acid groups (broad SMARTS) is 1. The van der Waals surface area contributed by atoms with Crippen LogP contribution in [-0.4, -0.2) is 31.3 Å². The van der Waals surface area contributed by atoms with Crippen LogP contribution in [-0.2, 0) is 22.6 Å². The van der Waals surface area contributed by atoms with Crippen LogP contribution in [0.15, 0.2) is 60.7 Å². The van der Waals surface area contributed by atoms with E-state index < -0.39 is 17.7 Å². The van der Waals surface area contributed by atoms with Gasteiger partial charge in [-0.1, -0.05) is 54.6 Å². The molecule has 7 nitrogen and oxygen atoms in total. The number of hydrogen-bond acceptors (Lipinski definition) is 5. The second kappa shape index (κ2) is 8.25. The summed E-state index contributed by atoms with van der Waals surface area (Å²) in [5.74, 6) is -0.342. The lowest BCUT2D eigenvalue weighted by atomic mass is 10.1. The number of fused-ring (bicyclic) bond motifs is 2. The van der Waals surface area contributed by atoms with Gasteiger partial charge < -0.3 is 14.7 Å². The van der Waals surface area contributed by atoms with E-state index in [2.05, 4.69) is 17.0 Å². The van der Waals surface area contributed by atoms with Crippen molar-refractivity contribution in [2.24, 2.45) is 0 Å². The number of aryl methyl sites for hydroxylation is 1. The first-order valence-corrected chi connectivity index (χ1v) is 11.4. The zero-order valence-corrected chi connectivity index (χ0v) is 19.8. The predicted molar refractivity (Wildman–Crippen MR) is 131 cm³/mol. The molecule has 2 aromatic carbocycles. The summed E-state index contributed by atoms with van der Waals surface area (Å²) in [6.07, 6.45) is -1.18. The topological polar surface area (TPSA) is 80.0 Å². The molecule has 0 spiro atoms. The summed E-state index contributed by atoms with van der Waals surface area (Å²) in [6, 6.07) is 20.1. The van der Waals surface area contributed by atoms with E-state index in [-0.39, 0.29) is 0 Å². The van der Waals surface area contributed by atoms with Gasteiger partial charge in [-0.15, -0.1) is 0 Å². The van der Waals surface area contributed by atoms with E-state index in [1.54, 1.807) is 4.52 Å². The average molecular weight is 457 g/mol. The Hall–Kier alpha value is -3.71. The molecule has 0 radical (unpaired) electrons. The fraction of sp³-hybridized carbons (Fsp3) is 0.296. The molecule has 0 saturated carbocycles. The number of aliphatic carboxylic acids is 1. The maximum Gasteiger partial charge on any atom is 0.337 e. The first-order chi connectivity index (χ1) is 16.2. The molecule has 5 rings (SSSR count). The highest BCUT2D eigenvalue weighted by Crippen LogP contribution is 2.38. The SMILES string of the molecule is Cc1nc2cc(-c3ccccc3)nn2c(N2Cc3ccccc3C2)c1C(OC(C)(C)C)C(=O)O. The number of nitrogens with zero attached hydrogens (tertiary/aromatic N) is 4. The highest BCUT2D eigenvalue weighted by atomic mass is 16.5. The number of rotatable bonds is 5. The lowest BCUT2D eigenvalue weighted by Gasteiger charge is -2.30. The van der Waals surface area contributed by atoms with Crippen molar-refractivity contribution < 1.29 is 14.6 Å². The third-order valence-electron chi connectivity index (χ3n) is 5.97. The van der Waals surface area contributed by atoms with E-state index in [0.29, 0.717) is 35.8 Å². The first-order valence-electron chi connectivity index (χ1n) is 11.4. The van der Waals surface area contributed by atoms with E-state index in [4.69, 9.17) is 14.8 Å². The van der Waals surface area contributed by atoms with Crippen LogP contribution in [0.4, 0.5) is 5.82 Å². The van der Waals surface area contributed by atoms with Crippen LogP contribution in [0.5, 0.6) is 0 Å². The van der Waals surface area contributed by atoms with Gasteiger partial charge in [0.05, 0.1) is 16.9 Å². The standard InChI is InChI=1S/C27H28N4O3/c1-17-23(24(26(32)33)34-27(2,3)4)25(30-15-19-12-8-9-13-20(19)16-30)31-22(28-17)14-21(29-31)18-10-6-5-7-11-18/h5-14,24H,15-16H2,1-4H3,(H,32,33). The molecule has 3 heterocycles. The molecule has 0 aliphatic carbocycles. The van der Waals surface area contributed by atoms with E-state index in [9.17, 15) is 9.90 Å². The molecule has 4 aromatic rings. The number of anilines is 1. The summed E-state index contributed by atoms with van der Waals surface area (Å²) in [7, 11) is 0. The number of ether oxygens (including phenoxy) is 1. The lowest BCUT2D eigenvalue weighted by molar-refractivity contribution is -0.160. The smallest absolute Gasteiger partial charge is 0.337 e. The Labute approximate surface area is 198 Å². The molecular formula is C27H28N4O3. The number of benzene rings is 2. The Balaban J connectivity index is 1.74. The molecule has 0 saturated heterocycles. The van der Waals surface area contributed by atoms with Crippen LogP contribution in [0.25, 0.3) is 16.9 Å². The highest BCUT2D eigenvalue weighted by Gasteiger charge is 2.35. The molecule has 0 bridgehead atoms. The zero-order valence-electron chi connectivity index (χ0n) is 19.8. The van der Waals surface area contributed by atoms with Crippen molar-refractivity contribution in [2.75, 3.05) is 4.90 Å². The highest BCUT2D eigenvalue weighted by molar-refractivity contribution is 5.79. The number of carbonyl (C=O) groups is 1. The molecule has 1 atom stereocenters. The monoisotopic (exact) mass is 456 g/mol. The zero-order chi connectivity index (χ0) is 24.0. The molecule has 1 unspecified atom stereocenters. The maximum atomic E-state index is 12.5. The van der Waals surface area contributed by atoms with E-state index in [1.165, 1.54) is 11.1 Å². The van der Waals surface area contributed by atoms with Crippen molar-refractivity contribution in [1.29, 1.82) is 0 Å². The Kier molecular flexibility index (Phi) is 5.37. The quantitative estimate of drug-likeness (QED) is 0.447. The van der Waals surface area contributed by atoms with E-state index in [0.717, 1.165) is 11.3 Å². The normalized spacial score (nSPS) is 14.4. The van der Waals surface area contributed by atoms with Crippen LogP contribution in [0.1, 0.15) is 49.3 Å². The van der Waals surface area contributed by atoms with Crippen LogP contribution >= 0.6 is 0 Å². The average Bonchev–Trinajstić information content (AvgIpc) is 3.40. The van der Waals surface area contributed by atoms with Crippen LogP contribution in [0, 0.1) is 6.92 Å². The Morgan fingerprint density at radius 1 is 1.03 bits per heavy atom. The fourth-order valence-corrected chi connectivity index (χ4v) is 4.55. The molecule has 34 heavy (non-hydrogen) atoms. The minimum atomic E-state index is -1.18. The van der Waals surface area contributed by atoms with Crippen molar-refractivity contribution in [3.63, 3.8) is 0 Å². The van der Waals surface area contributed by atoms with E-state index >= 15 is 0 Å². The van der Waals surface area contributed by atoms with Crippen molar-refractivity contribution >= 4 is 17.4 Å². The van der Waals surface area contributed by atoms with Crippen molar-refractivity contribution in [1.82, 2.24) is 14.6 Å². The molecule has 7 heteroatoms. The molecule has 174 valence electrons. The molecule has 1 aliphatic heterocycles. The third kappa shape index (κ3) is 4.03. The van der Waals surface area contributed by atoms with Crippen molar-refractivity contribution in [3.05, 3.63) is 83.0 Å². The van der Waals surface area contributed by atoms with Gasteiger partial charge in [0.1, 0.15) is 5.82 Å². The minimum Gasteiger partial charge on any atom is -0.479 e. The molecule has 2 aromatic heterocycles. The van der Waals surface area contributed by atoms with Gasteiger partial charge in [0.2, 0.25) is 0 Å². The van der Waals surface area contributed by atoms with Crippen molar-refractivity contribution in [3.8, 4) is 11.3 Å². The second-order valence-electron chi connectivity index (χ2n) is 9.67. The Morgan fingerprint density at radius 3 is 2.24 bits per heavy atom. The first kappa shape index (κ1) is 22.1. The minimum absolute atomic E-state index is 0.533. The summed E-state index contributed by atoms with van der Waals surface area (Å²) >= 11 is 0. The van der Waals surface area contributed by atoms with Gasteiger partial charge in [0.15, 0.2) is 11.8 Å². The van der Waals surface area contributed by atoms with Crippen LogP contribution < -0.4 is 4.90 Å². The van der Waals surface area contributed by atoms with Crippen LogP contribution in [0.3, 0.4) is 0 Å². The Bertz CT molecular complexity index is 1350. The molecule has 1 aliphatic rings. The maximum absolute atomic E-state index is 12.5. The van der Waals surface area contributed by atoms with Gasteiger partial charge in [-0.3, -0.25) is 0 Å². The summed E-state index contributed by atoms with van der Waals surface area (Å²) < 4.78 is 7.85. The summed E-state index contributed by atoms with van der Waals surface area (Å²) in [4.78, 5) is 19.4. The van der Waals surface area contributed by atoms with Gasteiger partial charge in [-0.25, -0.2) is 9.78 Å². The number of hydrogen-bond donors (Lipinski definition) is 1.